The summed E-state index contributed by atoms with van der Waals surface area (Å²) in [5, 5.41) is 0. The number of rotatable bonds is 6. The van der Waals surface area contributed by atoms with Gasteiger partial charge in [0.1, 0.15) is 17.8 Å². The van der Waals surface area contributed by atoms with E-state index in [1.165, 1.54) is 19.2 Å². The lowest BCUT2D eigenvalue weighted by Crippen LogP contribution is -2.03. The van der Waals surface area contributed by atoms with Crippen molar-refractivity contribution in [2.75, 3.05) is 7.11 Å². The van der Waals surface area contributed by atoms with Crippen molar-refractivity contribution in [3.05, 3.63) is 69.9 Å². The molecule has 0 spiro atoms. The molecule has 27 heavy (non-hydrogen) atoms. The molecule has 3 rings (SSSR count). The Bertz CT molecular complexity index is 933. The molecule has 0 bridgehead atoms. The van der Waals surface area contributed by atoms with Crippen LogP contribution in [-0.2, 0) is 12.8 Å². The Balaban J connectivity index is 1.88. The van der Waals surface area contributed by atoms with E-state index in [0.717, 1.165) is 0 Å². The Morgan fingerprint density at radius 3 is 2.41 bits per heavy atom. The Labute approximate surface area is 158 Å². The smallest absolute Gasteiger partial charge is 0.426 e. The predicted molar refractivity (Wildman–Crippen MR) is 97.5 cm³/mol. The van der Waals surface area contributed by atoms with E-state index < -0.39 is 11.1 Å². The third-order valence-corrected chi connectivity index (χ3v) is 4.97. The zero-order valence-corrected chi connectivity index (χ0v) is 15.1. The monoisotopic (exact) mass is 392 g/mol. The lowest BCUT2D eigenvalue weighted by atomic mass is 10.1. The molecule has 0 aliphatic rings. The first-order valence-electron chi connectivity index (χ1n) is 7.93. The maximum absolute atomic E-state index is 13.4. The Hall–Kier alpha value is -2.80. The Morgan fingerprint density at radius 1 is 1.04 bits per heavy atom. The number of halogens is 3. The molecule has 0 fully saturated rings. The average Bonchev–Trinajstić information content (AvgIpc) is 3.12. The zero-order valence-electron chi connectivity index (χ0n) is 14.2. The number of carbonyl (C=O) groups is 1. The minimum absolute atomic E-state index is 0.0443. The van der Waals surface area contributed by atoms with Crippen LogP contribution in [0, 0.1) is 0 Å². The van der Waals surface area contributed by atoms with Gasteiger partial charge in [-0.05, 0) is 29.8 Å². The molecule has 0 saturated carbocycles. The van der Waals surface area contributed by atoms with Crippen molar-refractivity contribution in [2.45, 2.75) is 12.8 Å². The number of benzene rings is 2. The summed E-state index contributed by atoms with van der Waals surface area (Å²) in [6.07, 6.45) is -3.77. The summed E-state index contributed by atoms with van der Waals surface area (Å²) in [5.74, 6) is 0.696. The fraction of sp³-hybridized carbons (Fsp3) is 0.150. The SMILES string of the molecule is COc1cc(C=O)ccc1OCc1cc(-c2ccccc2)c(C(F)(F)F)s1. The number of aldehydes is 1. The summed E-state index contributed by atoms with van der Waals surface area (Å²) in [6.45, 7) is -0.0443. The molecule has 0 radical (unpaired) electrons. The Kier molecular flexibility index (Phi) is 5.51. The molecule has 3 nitrogen and oxygen atoms in total. The number of alkyl halides is 3. The topological polar surface area (TPSA) is 35.5 Å². The van der Waals surface area contributed by atoms with Gasteiger partial charge < -0.3 is 9.47 Å². The molecule has 140 valence electrons. The molecule has 7 heteroatoms. The fourth-order valence-electron chi connectivity index (χ4n) is 2.58. The van der Waals surface area contributed by atoms with Crippen LogP contribution in [0.25, 0.3) is 11.1 Å². The molecule has 0 unspecified atom stereocenters. The normalized spacial score (nSPS) is 11.3. The third-order valence-electron chi connectivity index (χ3n) is 3.82. The van der Waals surface area contributed by atoms with Crippen molar-refractivity contribution in [1.29, 1.82) is 0 Å². The van der Waals surface area contributed by atoms with Crippen molar-refractivity contribution < 1.29 is 27.4 Å². The van der Waals surface area contributed by atoms with Gasteiger partial charge in [-0.15, -0.1) is 11.3 Å². The largest absolute Gasteiger partial charge is 0.493 e. The molecule has 0 amide bonds. The summed E-state index contributed by atoms with van der Waals surface area (Å²) < 4.78 is 51.1. The summed E-state index contributed by atoms with van der Waals surface area (Å²) in [4.78, 5) is 10.6. The van der Waals surface area contributed by atoms with Gasteiger partial charge in [-0.2, -0.15) is 13.2 Å². The Morgan fingerprint density at radius 2 is 1.78 bits per heavy atom. The highest BCUT2D eigenvalue weighted by Crippen LogP contribution is 2.43. The quantitative estimate of drug-likeness (QED) is 0.495. The second-order valence-corrected chi connectivity index (χ2v) is 6.77. The second-order valence-electron chi connectivity index (χ2n) is 5.64. The standard InChI is InChI=1S/C20H15F3O3S/c1-25-18-9-13(11-24)7-8-17(18)26-12-15-10-16(14-5-3-2-4-6-14)19(27-15)20(21,22)23/h2-11H,12H2,1H3. The number of thiophene rings is 1. The zero-order chi connectivity index (χ0) is 19.4. The summed E-state index contributed by atoms with van der Waals surface area (Å²) in [5.41, 5.74) is 1.05. The van der Waals surface area contributed by atoms with E-state index in [1.54, 1.807) is 42.5 Å². The minimum atomic E-state index is -4.45. The molecular weight excluding hydrogens is 377 g/mol. The van der Waals surface area contributed by atoms with Crippen LogP contribution >= 0.6 is 11.3 Å². The first kappa shape index (κ1) is 19.0. The summed E-state index contributed by atoms with van der Waals surface area (Å²) in [6, 6.07) is 14.5. The number of hydrogen-bond donors (Lipinski definition) is 0. The maximum atomic E-state index is 13.4. The second kappa shape index (κ2) is 7.84. The lowest BCUT2D eigenvalue weighted by Gasteiger charge is -2.10. The van der Waals surface area contributed by atoms with Gasteiger partial charge in [-0.1, -0.05) is 30.3 Å². The van der Waals surface area contributed by atoms with E-state index in [9.17, 15) is 18.0 Å². The van der Waals surface area contributed by atoms with Crippen molar-refractivity contribution in [3.63, 3.8) is 0 Å². The number of carbonyl (C=O) groups excluding carboxylic acids is 1. The molecule has 2 aromatic carbocycles. The van der Waals surface area contributed by atoms with Gasteiger partial charge in [0.2, 0.25) is 0 Å². The maximum Gasteiger partial charge on any atom is 0.426 e. The fourth-order valence-corrected chi connectivity index (χ4v) is 3.54. The first-order chi connectivity index (χ1) is 12.9. The molecule has 0 saturated heterocycles. The van der Waals surface area contributed by atoms with Crippen LogP contribution < -0.4 is 9.47 Å². The molecule has 0 atom stereocenters. The van der Waals surface area contributed by atoms with Crippen molar-refractivity contribution in [1.82, 2.24) is 0 Å². The molecule has 1 aromatic heterocycles. The highest BCUT2D eigenvalue weighted by molar-refractivity contribution is 7.12. The van der Waals surface area contributed by atoms with Gasteiger partial charge in [0, 0.05) is 16.0 Å². The van der Waals surface area contributed by atoms with Gasteiger partial charge in [0.05, 0.1) is 7.11 Å². The van der Waals surface area contributed by atoms with E-state index >= 15 is 0 Å². The molecular formula is C20H15F3O3S. The van der Waals surface area contributed by atoms with Gasteiger partial charge in [-0.3, -0.25) is 4.79 Å². The molecule has 0 aliphatic heterocycles. The highest BCUT2D eigenvalue weighted by Gasteiger charge is 2.36. The van der Waals surface area contributed by atoms with Crippen molar-refractivity contribution >= 4 is 17.6 Å². The van der Waals surface area contributed by atoms with E-state index in [4.69, 9.17) is 9.47 Å². The van der Waals surface area contributed by atoms with E-state index in [0.29, 0.717) is 45.1 Å². The molecule has 1 heterocycles. The van der Waals surface area contributed by atoms with Crippen molar-refractivity contribution in [3.8, 4) is 22.6 Å². The average molecular weight is 392 g/mol. The summed E-state index contributed by atoms with van der Waals surface area (Å²) in [7, 11) is 1.43. The van der Waals surface area contributed by atoms with E-state index in [-0.39, 0.29) is 12.2 Å². The van der Waals surface area contributed by atoms with Crippen LogP contribution in [0.2, 0.25) is 0 Å². The number of hydrogen-bond acceptors (Lipinski definition) is 4. The highest BCUT2D eigenvalue weighted by atomic mass is 32.1. The predicted octanol–water partition coefficient (Wildman–Crippen LogP) is 5.83. The molecule has 0 aliphatic carbocycles. The van der Waals surface area contributed by atoms with Gasteiger partial charge in [0.25, 0.3) is 0 Å². The molecule has 3 aromatic rings. The van der Waals surface area contributed by atoms with Crippen LogP contribution in [-0.4, -0.2) is 13.4 Å². The van der Waals surface area contributed by atoms with Crippen LogP contribution in [0.3, 0.4) is 0 Å². The number of methoxy groups -OCH3 is 1. The summed E-state index contributed by atoms with van der Waals surface area (Å²) >= 11 is 0.655. The van der Waals surface area contributed by atoms with Crippen LogP contribution in [0.4, 0.5) is 13.2 Å². The van der Waals surface area contributed by atoms with Crippen LogP contribution in [0.1, 0.15) is 20.1 Å². The van der Waals surface area contributed by atoms with E-state index in [2.05, 4.69) is 0 Å². The van der Waals surface area contributed by atoms with Gasteiger partial charge >= 0.3 is 6.18 Å². The van der Waals surface area contributed by atoms with Crippen LogP contribution in [0.5, 0.6) is 11.5 Å². The number of ether oxygens (including phenoxy) is 2. The van der Waals surface area contributed by atoms with Crippen LogP contribution in [0.15, 0.2) is 54.6 Å². The minimum Gasteiger partial charge on any atom is -0.493 e. The van der Waals surface area contributed by atoms with Gasteiger partial charge in [-0.25, -0.2) is 0 Å². The molecule has 0 N–H and O–H groups in total. The van der Waals surface area contributed by atoms with E-state index in [1.807, 2.05) is 0 Å². The van der Waals surface area contributed by atoms with Gasteiger partial charge in [0.15, 0.2) is 11.5 Å². The first-order valence-corrected chi connectivity index (χ1v) is 8.75. The third kappa shape index (κ3) is 4.31. The van der Waals surface area contributed by atoms with Crippen molar-refractivity contribution in [2.24, 2.45) is 0 Å². The lowest BCUT2D eigenvalue weighted by molar-refractivity contribution is -0.133.